The monoisotopic (exact) mass is 343 g/mol. The number of amides is 2. The van der Waals surface area contributed by atoms with Crippen LogP contribution in [0.2, 0.25) is 0 Å². The van der Waals surface area contributed by atoms with E-state index in [9.17, 15) is 9.59 Å². The van der Waals surface area contributed by atoms with Crippen LogP contribution in [0.5, 0.6) is 0 Å². The Balaban J connectivity index is 0.00000242. The van der Waals surface area contributed by atoms with E-state index < -0.39 is 0 Å². The van der Waals surface area contributed by atoms with Crippen LogP contribution in [0, 0.1) is 0 Å². The van der Waals surface area contributed by atoms with Gasteiger partial charge in [-0.3, -0.25) is 9.59 Å². The third kappa shape index (κ3) is 5.87. The molecule has 1 aromatic rings. The molecule has 0 saturated carbocycles. The smallest absolute Gasteiger partial charge is 0.234 e. The lowest BCUT2D eigenvalue weighted by Gasteiger charge is -2.17. The highest BCUT2D eigenvalue weighted by atomic mass is 35.5. The maximum absolute atomic E-state index is 11.8. The molecule has 1 aromatic carbocycles. The van der Waals surface area contributed by atoms with Gasteiger partial charge >= 0.3 is 0 Å². The number of nitrogens with two attached hydrogens (primary N) is 1. The zero-order valence-electron chi connectivity index (χ0n) is 12.4. The first-order chi connectivity index (χ1) is 10.2. The van der Waals surface area contributed by atoms with Crippen molar-refractivity contribution in [3.8, 4) is 0 Å². The molecular formula is C15H22ClN3O2S. The number of fused-ring (bicyclic) bond motifs is 1. The Morgan fingerprint density at radius 1 is 1.27 bits per heavy atom. The van der Waals surface area contributed by atoms with Crippen LogP contribution in [0.15, 0.2) is 23.1 Å². The summed E-state index contributed by atoms with van der Waals surface area (Å²) in [6.45, 7) is 0.713. The summed E-state index contributed by atoms with van der Waals surface area (Å²) in [5, 5.41) is 5.69. The molecule has 0 fully saturated rings. The molecule has 0 atom stereocenters. The van der Waals surface area contributed by atoms with Gasteiger partial charge in [-0.05, 0) is 37.6 Å². The third-order valence-corrected chi connectivity index (χ3v) is 4.33. The van der Waals surface area contributed by atoms with Crippen molar-refractivity contribution in [2.75, 3.05) is 22.9 Å². The van der Waals surface area contributed by atoms with Crippen LogP contribution >= 0.6 is 24.2 Å². The Morgan fingerprint density at radius 3 is 2.82 bits per heavy atom. The number of rotatable bonds is 7. The van der Waals surface area contributed by atoms with Crippen LogP contribution < -0.4 is 16.4 Å². The standard InChI is InChI=1S/C15H21N3O2S.ClH/c16-8-4-2-1-3-5-14(19)17-11-6-7-13-12(9-11)18-15(20)10-21-13;/h6-7,9H,1-5,8,10,16H2,(H,17,19)(H,18,20);1H. The maximum atomic E-state index is 11.8. The Morgan fingerprint density at radius 2 is 2.05 bits per heavy atom. The van der Waals surface area contributed by atoms with Crippen molar-refractivity contribution in [3.63, 3.8) is 0 Å². The predicted octanol–water partition coefficient (Wildman–Crippen LogP) is 3.00. The molecule has 4 N–H and O–H groups in total. The van der Waals surface area contributed by atoms with Crippen LogP contribution in [0.1, 0.15) is 32.1 Å². The first-order valence-corrected chi connectivity index (χ1v) is 8.24. The van der Waals surface area contributed by atoms with E-state index >= 15 is 0 Å². The minimum absolute atomic E-state index is 0. The van der Waals surface area contributed by atoms with Crippen LogP contribution in [-0.2, 0) is 9.59 Å². The summed E-state index contributed by atoms with van der Waals surface area (Å²) >= 11 is 1.51. The molecule has 0 unspecified atom stereocenters. The summed E-state index contributed by atoms with van der Waals surface area (Å²) in [6, 6.07) is 5.61. The second kappa shape index (κ2) is 9.71. The van der Waals surface area contributed by atoms with Crippen LogP contribution in [-0.4, -0.2) is 24.1 Å². The minimum Gasteiger partial charge on any atom is -0.330 e. The quantitative estimate of drug-likeness (QED) is 0.664. The van der Waals surface area contributed by atoms with Gasteiger partial charge in [0.1, 0.15) is 0 Å². The number of anilines is 2. The molecule has 0 radical (unpaired) electrons. The number of carbonyl (C=O) groups is 2. The highest BCUT2D eigenvalue weighted by molar-refractivity contribution is 8.00. The molecule has 1 aliphatic rings. The molecule has 0 aliphatic carbocycles. The molecule has 2 amide bonds. The van der Waals surface area contributed by atoms with E-state index in [2.05, 4.69) is 10.6 Å². The largest absolute Gasteiger partial charge is 0.330 e. The zero-order valence-corrected chi connectivity index (χ0v) is 14.0. The number of benzene rings is 1. The summed E-state index contributed by atoms with van der Waals surface area (Å²) in [4.78, 5) is 24.2. The molecule has 122 valence electrons. The van der Waals surface area contributed by atoms with Gasteiger partial charge in [0.2, 0.25) is 11.8 Å². The number of hydrogen-bond donors (Lipinski definition) is 3. The average molecular weight is 344 g/mol. The molecular weight excluding hydrogens is 322 g/mol. The normalized spacial score (nSPS) is 12.9. The van der Waals surface area contributed by atoms with Crippen molar-refractivity contribution in [2.45, 2.75) is 37.0 Å². The minimum atomic E-state index is -0.00381. The molecule has 0 spiro atoms. The topological polar surface area (TPSA) is 84.2 Å². The lowest BCUT2D eigenvalue weighted by Crippen LogP contribution is -2.19. The SMILES string of the molecule is Cl.NCCCCCCC(=O)Nc1ccc2c(c1)NC(=O)CS2. The van der Waals surface area contributed by atoms with Crippen molar-refractivity contribution in [1.29, 1.82) is 0 Å². The van der Waals surface area contributed by atoms with Crippen molar-refractivity contribution < 1.29 is 9.59 Å². The molecule has 2 rings (SSSR count). The molecule has 0 saturated heterocycles. The second-order valence-electron chi connectivity index (χ2n) is 5.05. The number of halogens is 1. The first-order valence-electron chi connectivity index (χ1n) is 7.25. The van der Waals surface area contributed by atoms with Gasteiger partial charge in [0.25, 0.3) is 0 Å². The van der Waals surface area contributed by atoms with Gasteiger partial charge in [0.15, 0.2) is 0 Å². The highest BCUT2D eigenvalue weighted by Crippen LogP contribution is 2.33. The van der Waals surface area contributed by atoms with Gasteiger partial charge in [0.05, 0.1) is 11.4 Å². The summed E-state index contributed by atoms with van der Waals surface area (Å²) < 4.78 is 0. The van der Waals surface area contributed by atoms with E-state index in [1.54, 1.807) is 0 Å². The summed E-state index contributed by atoms with van der Waals surface area (Å²) in [7, 11) is 0. The zero-order chi connectivity index (χ0) is 15.1. The van der Waals surface area contributed by atoms with E-state index in [1.807, 2.05) is 18.2 Å². The molecule has 0 aromatic heterocycles. The van der Waals surface area contributed by atoms with Crippen molar-refractivity contribution in [3.05, 3.63) is 18.2 Å². The third-order valence-electron chi connectivity index (χ3n) is 3.25. The molecule has 7 heteroatoms. The number of nitrogens with one attached hydrogen (secondary N) is 2. The molecule has 0 bridgehead atoms. The lowest BCUT2D eigenvalue weighted by atomic mass is 10.1. The van der Waals surface area contributed by atoms with Gasteiger partial charge in [-0.15, -0.1) is 24.2 Å². The Labute approximate surface area is 141 Å². The maximum Gasteiger partial charge on any atom is 0.234 e. The number of carbonyl (C=O) groups excluding carboxylic acids is 2. The average Bonchev–Trinajstić information content (AvgIpc) is 2.46. The van der Waals surface area contributed by atoms with E-state index in [0.29, 0.717) is 18.7 Å². The molecule has 5 nitrogen and oxygen atoms in total. The van der Waals surface area contributed by atoms with E-state index in [-0.39, 0.29) is 24.2 Å². The van der Waals surface area contributed by atoms with Gasteiger partial charge < -0.3 is 16.4 Å². The van der Waals surface area contributed by atoms with Gasteiger partial charge in [-0.1, -0.05) is 12.8 Å². The van der Waals surface area contributed by atoms with E-state index in [1.165, 1.54) is 11.8 Å². The van der Waals surface area contributed by atoms with Crippen LogP contribution in [0.4, 0.5) is 11.4 Å². The van der Waals surface area contributed by atoms with Gasteiger partial charge in [-0.2, -0.15) is 0 Å². The Kier molecular flexibility index (Phi) is 8.30. The summed E-state index contributed by atoms with van der Waals surface area (Å²) in [5.41, 5.74) is 6.93. The molecule has 22 heavy (non-hydrogen) atoms. The summed E-state index contributed by atoms with van der Waals surface area (Å²) in [5.74, 6) is 0.454. The fourth-order valence-electron chi connectivity index (χ4n) is 2.17. The first kappa shape index (κ1) is 18.8. The van der Waals surface area contributed by atoms with Crippen LogP contribution in [0.25, 0.3) is 0 Å². The van der Waals surface area contributed by atoms with Gasteiger partial charge in [-0.25, -0.2) is 0 Å². The Hall–Kier alpha value is -1.24. The fraction of sp³-hybridized carbons (Fsp3) is 0.467. The number of unbranched alkanes of at least 4 members (excludes halogenated alkanes) is 3. The van der Waals surface area contributed by atoms with E-state index in [4.69, 9.17) is 5.73 Å². The molecule has 1 aliphatic heterocycles. The number of hydrogen-bond acceptors (Lipinski definition) is 4. The fourth-order valence-corrected chi connectivity index (χ4v) is 2.96. The highest BCUT2D eigenvalue weighted by Gasteiger charge is 2.15. The predicted molar refractivity (Wildman–Crippen MR) is 93.8 cm³/mol. The van der Waals surface area contributed by atoms with Crippen LogP contribution in [0.3, 0.4) is 0 Å². The second-order valence-corrected chi connectivity index (χ2v) is 6.07. The lowest BCUT2D eigenvalue weighted by molar-refractivity contribution is -0.116. The Bertz CT molecular complexity index is 526. The molecule has 1 heterocycles. The van der Waals surface area contributed by atoms with Crippen molar-refractivity contribution >= 4 is 47.4 Å². The van der Waals surface area contributed by atoms with E-state index in [0.717, 1.165) is 42.0 Å². The van der Waals surface area contributed by atoms with Gasteiger partial charge in [0, 0.05) is 17.0 Å². The van der Waals surface area contributed by atoms with Crippen molar-refractivity contribution in [1.82, 2.24) is 0 Å². The number of thioether (sulfide) groups is 1. The van der Waals surface area contributed by atoms with Crippen molar-refractivity contribution in [2.24, 2.45) is 5.73 Å². The summed E-state index contributed by atoms with van der Waals surface area (Å²) in [6.07, 6.45) is 4.52.